The van der Waals surface area contributed by atoms with Crippen molar-refractivity contribution in [2.45, 2.75) is 18.9 Å². The van der Waals surface area contributed by atoms with Gasteiger partial charge in [0.1, 0.15) is 5.69 Å². The van der Waals surface area contributed by atoms with Gasteiger partial charge in [0.2, 0.25) is 0 Å². The Labute approximate surface area is 88.3 Å². The van der Waals surface area contributed by atoms with E-state index < -0.39 is 0 Å². The average Bonchev–Trinajstić information content (AvgIpc) is 2.29. The molecule has 1 aromatic heterocycles. The maximum absolute atomic E-state index is 11.9. The molecule has 80 valence electrons. The Morgan fingerprint density at radius 2 is 2.40 bits per heavy atom. The van der Waals surface area contributed by atoms with Crippen LogP contribution in [0.2, 0.25) is 0 Å². The number of amides is 1. The van der Waals surface area contributed by atoms with Gasteiger partial charge < -0.3 is 10.6 Å². The third-order valence-electron chi connectivity index (χ3n) is 2.53. The minimum Gasteiger partial charge on any atom is -0.336 e. The van der Waals surface area contributed by atoms with Crippen LogP contribution in [0.25, 0.3) is 0 Å². The van der Waals surface area contributed by atoms with E-state index in [2.05, 4.69) is 9.97 Å². The highest BCUT2D eigenvalue weighted by Gasteiger charge is 2.22. The zero-order chi connectivity index (χ0) is 10.7. The van der Waals surface area contributed by atoms with Gasteiger partial charge in [0.05, 0.1) is 6.20 Å². The van der Waals surface area contributed by atoms with Crippen LogP contribution < -0.4 is 5.73 Å². The van der Waals surface area contributed by atoms with E-state index in [0.29, 0.717) is 12.2 Å². The van der Waals surface area contributed by atoms with Crippen molar-refractivity contribution in [3.8, 4) is 0 Å². The Hall–Kier alpha value is -1.49. The van der Waals surface area contributed by atoms with Gasteiger partial charge in [-0.05, 0) is 12.8 Å². The van der Waals surface area contributed by atoms with Gasteiger partial charge in [-0.1, -0.05) is 0 Å². The predicted octanol–water partition coefficient (Wildman–Crippen LogP) is 0.0399. The number of hydrogen-bond donors (Lipinski definition) is 1. The summed E-state index contributed by atoms with van der Waals surface area (Å²) in [5, 5.41) is 0. The molecule has 1 atom stereocenters. The van der Waals surface area contributed by atoms with Crippen LogP contribution in [-0.4, -0.2) is 39.9 Å². The second-order valence-electron chi connectivity index (χ2n) is 3.74. The minimum atomic E-state index is -0.0711. The highest BCUT2D eigenvalue weighted by molar-refractivity contribution is 5.92. The zero-order valence-electron chi connectivity index (χ0n) is 8.47. The largest absolute Gasteiger partial charge is 0.336 e. The fourth-order valence-electron chi connectivity index (χ4n) is 1.77. The lowest BCUT2D eigenvalue weighted by atomic mass is 10.1. The summed E-state index contributed by atoms with van der Waals surface area (Å²) in [5.41, 5.74) is 6.21. The van der Waals surface area contributed by atoms with Crippen LogP contribution in [0.3, 0.4) is 0 Å². The molecule has 2 heterocycles. The van der Waals surface area contributed by atoms with Crippen LogP contribution in [0.1, 0.15) is 23.3 Å². The van der Waals surface area contributed by atoms with E-state index in [1.807, 2.05) is 0 Å². The van der Waals surface area contributed by atoms with Gasteiger partial charge in [0.25, 0.3) is 5.91 Å². The van der Waals surface area contributed by atoms with Gasteiger partial charge in [-0.3, -0.25) is 9.78 Å². The summed E-state index contributed by atoms with van der Waals surface area (Å²) in [6, 6.07) is 0.0966. The molecule has 0 bridgehead atoms. The summed E-state index contributed by atoms with van der Waals surface area (Å²) in [6.07, 6.45) is 6.52. The monoisotopic (exact) mass is 206 g/mol. The van der Waals surface area contributed by atoms with Gasteiger partial charge in [0.15, 0.2) is 0 Å². The predicted molar refractivity (Wildman–Crippen MR) is 55.1 cm³/mol. The average molecular weight is 206 g/mol. The number of likely N-dealkylation sites (tertiary alicyclic amines) is 1. The van der Waals surface area contributed by atoms with Gasteiger partial charge in [-0.25, -0.2) is 4.98 Å². The van der Waals surface area contributed by atoms with Crippen molar-refractivity contribution in [2.24, 2.45) is 5.73 Å². The first-order valence-corrected chi connectivity index (χ1v) is 5.08. The number of rotatable bonds is 1. The lowest BCUT2D eigenvalue weighted by Gasteiger charge is -2.30. The molecule has 5 nitrogen and oxygen atoms in total. The molecule has 1 amide bonds. The molecule has 0 saturated carbocycles. The summed E-state index contributed by atoms with van der Waals surface area (Å²) >= 11 is 0. The molecule has 0 aliphatic carbocycles. The highest BCUT2D eigenvalue weighted by atomic mass is 16.2. The summed E-state index contributed by atoms with van der Waals surface area (Å²) < 4.78 is 0. The Balaban J connectivity index is 2.08. The third-order valence-corrected chi connectivity index (χ3v) is 2.53. The lowest BCUT2D eigenvalue weighted by Crippen LogP contribution is -2.45. The van der Waals surface area contributed by atoms with E-state index in [4.69, 9.17) is 5.73 Å². The van der Waals surface area contributed by atoms with Crippen molar-refractivity contribution < 1.29 is 4.79 Å². The first-order chi connectivity index (χ1) is 7.27. The van der Waals surface area contributed by atoms with Gasteiger partial charge in [0, 0.05) is 31.5 Å². The number of nitrogens with two attached hydrogens (primary N) is 1. The Morgan fingerprint density at radius 3 is 3.07 bits per heavy atom. The van der Waals surface area contributed by atoms with Crippen molar-refractivity contribution in [3.05, 3.63) is 24.3 Å². The van der Waals surface area contributed by atoms with Gasteiger partial charge in [-0.15, -0.1) is 0 Å². The summed E-state index contributed by atoms with van der Waals surface area (Å²) in [4.78, 5) is 21.5. The smallest absolute Gasteiger partial charge is 0.274 e. The maximum atomic E-state index is 11.9. The number of piperidine rings is 1. The summed E-state index contributed by atoms with van der Waals surface area (Å²) in [6.45, 7) is 1.39. The van der Waals surface area contributed by atoms with Crippen molar-refractivity contribution in [1.29, 1.82) is 0 Å². The van der Waals surface area contributed by atoms with Crippen LogP contribution in [0, 0.1) is 0 Å². The molecule has 2 rings (SSSR count). The summed E-state index contributed by atoms with van der Waals surface area (Å²) in [7, 11) is 0. The summed E-state index contributed by atoms with van der Waals surface area (Å²) in [5.74, 6) is -0.0711. The Kier molecular flexibility index (Phi) is 2.91. The topological polar surface area (TPSA) is 72.1 Å². The van der Waals surface area contributed by atoms with E-state index in [1.165, 1.54) is 12.4 Å². The standard InChI is InChI=1S/C10H14N4O/c11-8-2-1-5-14(7-8)10(15)9-6-12-3-4-13-9/h3-4,6,8H,1-2,5,7,11H2/t8-/m1/s1. The van der Waals surface area contributed by atoms with E-state index in [0.717, 1.165) is 19.4 Å². The molecular formula is C10H14N4O. The lowest BCUT2D eigenvalue weighted by molar-refractivity contribution is 0.0702. The van der Waals surface area contributed by atoms with Crippen molar-refractivity contribution in [3.63, 3.8) is 0 Å². The van der Waals surface area contributed by atoms with E-state index in [1.54, 1.807) is 11.1 Å². The Morgan fingerprint density at radius 1 is 1.53 bits per heavy atom. The molecule has 0 aromatic carbocycles. The molecule has 1 aliphatic heterocycles. The fraction of sp³-hybridized carbons (Fsp3) is 0.500. The third kappa shape index (κ3) is 2.30. The van der Waals surface area contributed by atoms with Gasteiger partial charge in [-0.2, -0.15) is 0 Å². The van der Waals surface area contributed by atoms with E-state index >= 15 is 0 Å². The normalized spacial score (nSPS) is 21.4. The zero-order valence-corrected chi connectivity index (χ0v) is 8.47. The second-order valence-corrected chi connectivity index (χ2v) is 3.74. The SMILES string of the molecule is N[C@@H]1CCCN(C(=O)c2cnccn2)C1. The van der Waals surface area contributed by atoms with Crippen LogP contribution in [0.4, 0.5) is 0 Å². The molecule has 1 fully saturated rings. The molecule has 0 unspecified atom stereocenters. The van der Waals surface area contributed by atoms with Crippen molar-refractivity contribution in [2.75, 3.05) is 13.1 Å². The molecule has 1 aliphatic rings. The number of carbonyl (C=O) groups excluding carboxylic acids is 1. The second kappa shape index (κ2) is 4.35. The molecule has 0 radical (unpaired) electrons. The van der Waals surface area contributed by atoms with Crippen LogP contribution in [0.15, 0.2) is 18.6 Å². The molecule has 2 N–H and O–H groups in total. The van der Waals surface area contributed by atoms with E-state index in [9.17, 15) is 4.79 Å². The first kappa shape index (κ1) is 10.0. The number of aromatic nitrogens is 2. The number of hydrogen-bond acceptors (Lipinski definition) is 4. The number of carbonyl (C=O) groups is 1. The van der Waals surface area contributed by atoms with Crippen molar-refractivity contribution >= 4 is 5.91 Å². The van der Waals surface area contributed by atoms with Crippen LogP contribution >= 0.6 is 0 Å². The minimum absolute atomic E-state index is 0.0711. The molecule has 1 saturated heterocycles. The van der Waals surface area contributed by atoms with E-state index in [-0.39, 0.29) is 11.9 Å². The fourth-order valence-corrected chi connectivity index (χ4v) is 1.77. The highest BCUT2D eigenvalue weighted by Crippen LogP contribution is 2.10. The maximum Gasteiger partial charge on any atom is 0.274 e. The molecule has 15 heavy (non-hydrogen) atoms. The molecule has 1 aromatic rings. The quantitative estimate of drug-likeness (QED) is 0.704. The molecular weight excluding hydrogens is 192 g/mol. The van der Waals surface area contributed by atoms with Crippen molar-refractivity contribution in [1.82, 2.24) is 14.9 Å². The first-order valence-electron chi connectivity index (χ1n) is 5.08. The van der Waals surface area contributed by atoms with Crippen LogP contribution in [-0.2, 0) is 0 Å². The molecule has 5 heteroatoms. The Bertz CT molecular complexity index is 341. The van der Waals surface area contributed by atoms with Gasteiger partial charge >= 0.3 is 0 Å². The number of nitrogens with zero attached hydrogens (tertiary/aromatic N) is 3. The molecule has 0 spiro atoms. The van der Waals surface area contributed by atoms with Crippen LogP contribution in [0.5, 0.6) is 0 Å².